The molecule has 6 nitrogen and oxygen atoms in total. The third-order valence-electron chi connectivity index (χ3n) is 0.978. The Morgan fingerprint density at radius 1 is 1.23 bits per heavy atom. The van der Waals surface area contributed by atoms with Gasteiger partial charge in [-0.3, -0.25) is 9.59 Å². The fraction of sp³-hybridized carbons (Fsp3) is 0.500. The molecule has 0 radical (unpaired) electrons. The van der Waals surface area contributed by atoms with Crippen LogP contribution in [0.5, 0.6) is 0 Å². The van der Waals surface area contributed by atoms with E-state index in [1.807, 2.05) is 0 Å². The maximum absolute atomic E-state index is 10.8. The van der Waals surface area contributed by atoms with Crippen molar-refractivity contribution in [3.05, 3.63) is 0 Å². The summed E-state index contributed by atoms with van der Waals surface area (Å²) in [6, 6.07) is 0. The van der Waals surface area contributed by atoms with E-state index in [-0.39, 0.29) is 0 Å². The van der Waals surface area contributed by atoms with Crippen molar-refractivity contribution in [2.24, 2.45) is 0 Å². The van der Waals surface area contributed by atoms with Crippen LogP contribution in [-0.2, 0) is 19.1 Å². The first-order valence-corrected chi connectivity index (χ1v) is 3.73. The van der Waals surface area contributed by atoms with Gasteiger partial charge in [0.05, 0.1) is 6.42 Å². The molecule has 0 bridgehead atoms. The molecule has 1 atom stereocenters. The van der Waals surface area contributed by atoms with Gasteiger partial charge >= 0.3 is 17.9 Å². The predicted molar refractivity (Wildman–Crippen MR) is 43.6 cm³/mol. The zero-order valence-corrected chi connectivity index (χ0v) is 7.36. The average molecular weight is 208 g/mol. The second kappa shape index (κ2) is 5.41. The Balaban J connectivity index is 3.82. The molecule has 0 heterocycles. The summed E-state index contributed by atoms with van der Waals surface area (Å²) < 4.78 is 4.19. The van der Waals surface area contributed by atoms with Gasteiger partial charge in [-0.1, -0.05) is 0 Å². The van der Waals surface area contributed by atoms with Crippen LogP contribution >= 0.6 is 12.6 Å². The fourth-order valence-corrected chi connectivity index (χ4v) is 0.709. The van der Waals surface area contributed by atoms with E-state index >= 15 is 0 Å². The molecule has 0 fully saturated rings. The molecule has 0 saturated heterocycles. The number of ether oxygens (including phenoxy) is 1. The quantitative estimate of drug-likeness (QED) is 0.411. The number of thiol groups is 1. The molecule has 0 aliphatic rings. The molecule has 0 rings (SSSR count). The molecule has 0 aliphatic carbocycles. The number of rotatable bonds is 5. The summed E-state index contributed by atoms with van der Waals surface area (Å²) in [4.78, 5) is 30.8. The van der Waals surface area contributed by atoms with Crippen molar-refractivity contribution < 1.29 is 29.3 Å². The van der Waals surface area contributed by atoms with Crippen molar-refractivity contribution in [3.8, 4) is 0 Å². The van der Waals surface area contributed by atoms with Crippen LogP contribution < -0.4 is 0 Å². The molecule has 74 valence electrons. The van der Waals surface area contributed by atoms with Crippen molar-refractivity contribution in [1.82, 2.24) is 0 Å². The van der Waals surface area contributed by atoms with Gasteiger partial charge in [0.2, 0.25) is 0 Å². The normalized spacial score (nSPS) is 11.8. The summed E-state index contributed by atoms with van der Waals surface area (Å²) in [5, 5.41) is 15.2. The van der Waals surface area contributed by atoms with Crippen LogP contribution in [0.2, 0.25) is 0 Å². The molecule has 7 heteroatoms. The molecular weight excluding hydrogens is 200 g/mol. The Bertz CT molecular complexity index is 225. The first-order chi connectivity index (χ1) is 5.93. The SMILES string of the molecule is O=C(O)COC(=O)C(S)CC(=O)O. The zero-order valence-electron chi connectivity index (χ0n) is 6.47. The second-order valence-corrected chi connectivity index (χ2v) is 2.74. The molecule has 0 aromatic heterocycles. The number of hydrogen-bond acceptors (Lipinski definition) is 5. The molecule has 0 aliphatic heterocycles. The van der Waals surface area contributed by atoms with Gasteiger partial charge in [-0.2, -0.15) is 12.6 Å². The Morgan fingerprint density at radius 3 is 2.15 bits per heavy atom. The van der Waals surface area contributed by atoms with Crippen LogP contribution in [0.4, 0.5) is 0 Å². The minimum absolute atomic E-state index is 0.498. The molecule has 0 aromatic rings. The molecule has 13 heavy (non-hydrogen) atoms. The van der Waals surface area contributed by atoms with Crippen LogP contribution in [0, 0.1) is 0 Å². The van der Waals surface area contributed by atoms with Crippen LogP contribution in [0.15, 0.2) is 0 Å². The lowest BCUT2D eigenvalue weighted by Crippen LogP contribution is -2.23. The summed E-state index contributed by atoms with van der Waals surface area (Å²) in [5.74, 6) is -3.45. The van der Waals surface area contributed by atoms with Crippen LogP contribution in [0.25, 0.3) is 0 Å². The molecule has 0 saturated carbocycles. The van der Waals surface area contributed by atoms with Gasteiger partial charge in [-0.15, -0.1) is 0 Å². The fourth-order valence-electron chi connectivity index (χ4n) is 0.478. The highest BCUT2D eigenvalue weighted by atomic mass is 32.1. The van der Waals surface area contributed by atoms with Gasteiger partial charge in [0.1, 0.15) is 5.25 Å². The number of hydrogen-bond donors (Lipinski definition) is 3. The predicted octanol–water partition coefficient (Wildman–Crippen LogP) is -0.613. The number of aliphatic carboxylic acids is 2. The van der Waals surface area contributed by atoms with E-state index in [0.29, 0.717) is 0 Å². The topological polar surface area (TPSA) is 101 Å². The highest BCUT2D eigenvalue weighted by Crippen LogP contribution is 2.03. The third-order valence-corrected chi connectivity index (χ3v) is 1.37. The first-order valence-electron chi connectivity index (χ1n) is 3.21. The Kier molecular flexibility index (Phi) is 4.90. The van der Waals surface area contributed by atoms with Crippen LogP contribution in [0.3, 0.4) is 0 Å². The van der Waals surface area contributed by atoms with Gasteiger partial charge in [0.25, 0.3) is 0 Å². The summed E-state index contributed by atoms with van der Waals surface area (Å²) in [5.41, 5.74) is 0. The van der Waals surface area contributed by atoms with Gasteiger partial charge in [-0.25, -0.2) is 4.79 Å². The standard InChI is InChI=1S/C6H8O6S/c7-4(8)1-3(13)6(11)12-2-5(9)10/h3,13H,1-2H2,(H,7,8)(H,9,10). The molecule has 0 amide bonds. The molecule has 0 aromatic carbocycles. The van der Waals surface area contributed by atoms with E-state index in [0.717, 1.165) is 0 Å². The number of carboxylic acid groups (broad SMARTS) is 2. The van der Waals surface area contributed by atoms with E-state index in [1.54, 1.807) is 0 Å². The Hall–Kier alpha value is -1.24. The zero-order chi connectivity index (χ0) is 10.4. The second-order valence-electron chi connectivity index (χ2n) is 2.12. The number of carbonyl (C=O) groups excluding carboxylic acids is 1. The summed E-state index contributed by atoms with van der Waals surface area (Å²) >= 11 is 3.62. The maximum atomic E-state index is 10.8. The summed E-state index contributed by atoms with van der Waals surface area (Å²) in [6.45, 7) is -0.782. The van der Waals surface area contributed by atoms with Crippen molar-refractivity contribution in [2.45, 2.75) is 11.7 Å². The number of carboxylic acids is 2. The lowest BCUT2D eigenvalue weighted by Gasteiger charge is -2.05. The monoisotopic (exact) mass is 208 g/mol. The Labute approximate surface area is 78.9 Å². The Morgan fingerprint density at radius 2 is 1.77 bits per heavy atom. The molecule has 0 spiro atoms. The van der Waals surface area contributed by atoms with Crippen molar-refractivity contribution in [2.75, 3.05) is 6.61 Å². The summed E-state index contributed by atoms with van der Waals surface area (Å²) in [6.07, 6.45) is -0.498. The molecule has 2 N–H and O–H groups in total. The van der Waals surface area contributed by atoms with Gasteiger partial charge < -0.3 is 14.9 Å². The number of esters is 1. The molecular formula is C6H8O6S. The van der Waals surface area contributed by atoms with Crippen LogP contribution in [-0.4, -0.2) is 40.0 Å². The van der Waals surface area contributed by atoms with E-state index in [1.165, 1.54) is 0 Å². The highest BCUT2D eigenvalue weighted by molar-refractivity contribution is 7.81. The summed E-state index contributed by atoms with van der Waals surface area (Å²) in [7, 11) is 0. The maximum Gasteiger partial charge on any atom is 0.341 e. The third kappa shape index (κ3) is 5.97. The van der Waals surface area contributed by atoms with Gasteiger partial charge in [0.15, 0.2) is 6.61 Å². The highest BCUT2D eigenvalue weighted by Gasteiger charge is 2.19. The lowest BCUT2D eigenvalue weighted by molar-refractivity contribution is -0.155. The van der Waals surface area contributed by atoms with E-state index < -0.39 is 36.2 Å². The van der Waals surface area contributed by atoms with E-state index in [4.69, 9.17) is 10.2 Å². The first kappa shape index (κ1) is 11.8. The van der Waals surface area contributed by atoms with Gasteiger partial charge in [0, 0.05) is 0 Å². The minimum Gasteiger partial charge on any atom is -0.481 e. The van der Waals surface area contributed by atoms with E-state index in [9.17, 15) is 14.4 Å². The van der Waals surface area contributed by atoms with Crippen LogP contribution in [0.1, 0.15) is 6.42 Å². The average Bonchev–Trinajstić information content (AvgIpc) is 1.98. The lowest BCUT2D eigenvalue weighted by atomic mass is 10.3. The number of carbonyl (C=O) groups is 3. The smallest absolute Gasteiger partial charge is 0.341 e. The van der Waals surface area contributed by atoms with Crippen molar-refractivity contribution in [3.63, 3.8) is 0 Å². The van der Waals surface area contributed by atoms with Crippen molar-refractivity contribution >= 4 is 30.5 Å². The van der Waals surface area contributed by atoms with Gasteiger partial charge in [-0.05, 0) is 0 Å². The molecule has 1 unspecified atom stereocenters. The van der Waals surface area contributed by atoms with E-state index in [2.05, 4.69) is 17.4 Å². The largest absolute Gasteiger partial charge is 0.481 e. The minimum atomic E-state index is -1.30. The van der Waals surface area contributed by atoms with Crippen molar-refractivity contribution in [1.29, 1.82) is 0 Å².